The quantitative estimate of drug-likeness (QED) is 0.766. The molecule has 1 aromatic carbocycles. The molecule has 1 heterocycles. The van der Waals surface area contributed by atoms with E-state index in [1.165, 1.54) is 0 Å². The molecule has 3 rings (SSSR count). The molecular formula is C17H17BrO4. The Morgan fingerprint density at radius 3 is 2.41 bits per heavy atom. The highest BCUT2D eigenvalue weighted by molar-refractivity contribution is 9.08. The van der Waals surface area contributed by atoms with Gasteiger partial charge in [-0.15, -0.1) is 0 Å². The van der Waals surface area contributed by atoms with Gasteiger partial charge in [-0.2, -0.15) is 0 Å². The second kappa shape index (κ2) is 6.16. The monoisotopic (exact) mass is 364 g/mol. The number of fused-ring (bicyclic) bond motifs is 1. The molecule has 0 aliphatic heterocycles. The van der Waals surface area contributed by atoms with Gasteiger partial charge in [0.25, 0.3) is 0 Å². The molecule has 0 amide bonds. The lowest BCUT2D eigenvalue weighted by molar-refractivity contribution is 0.0960. The summed E-state index contributed by atoms with van der Waals surface area (Å²) >= 11 is 3.36. The van der Waals surface area contributed by atoms with Crippen LogP contribution in [0.2, 0.25) is 0 Å². The van der Waals surface area contributed by atoms with Crippen molar-refractivity contribution in [2.75, 3.05) is 14.2 Å². The van der Waals surface area contributed by atoms with E-state index in [1.54, 1.807) is 14.2 Å². The van der Waals surface area contributed by atoms with Crippen LogP contribution in [0.1, 0.15) is 39.8 Å². The first-order chi connectivity index (χ1) is 10.6. The fourth-order valence-electron chi connectivity index (χ4n) is 2.87. The van der Waals surface area contributed by atoms with E-state index in [-0.39, 0.29) is 11.7 Å². The Morgan fingerprint density at radius 1 is 1.14 bits per heavy atom. The van der Waals surface area contributed by atoms with Crippen LogP contribution < -0.4 is 9.47 Å². The molecule has 0 bridgehead atoms. The number of hydrogen-bond donors (Lipinski definition) is 0. The molecule has 0 spiro atoms. The van der Waals surface area contributed by atoms with Crippen LogP contribution in [0.5, 0.6) is 11.5 Å². The number of carbonyl (C=O) groups is 1. The zero-order valence-electron chi connectivity index (χ0n) is 12.5. The van der Waals surface area contributed by atoms with Crippen LogP contribution >= 0.6 is 15.9 Å². The average molecular weight is 365 g/mol. The Bertz CT molecular complexity index is 682. The predicted octanol–water partition coefficient (Wildman–Crippen LogP) is 4.10. The molecule has 22 heavy (non-hydrogen) atoms. The van der Waals surface area contributed by atoms with Crippen LogP contribution in [0, 0.1) is 0 Å². The Morgan fingerprint density at radius 2 is 1.82 bits per heavy atom. The summed E-state index contributed by atoms with van der Waals surface area (Å²) in [5, 5.41) is 0.616. The van der Waals surface area contributed by atoms with Gasteiger partial charge in [-0.3, -0.25) is 4.79 Å². The molecule has 1 aliphatic rings. The van der Waals surface area contributed by atoms with E-state index in [1.807, 2.05) is 24.3 Å². The fraction of sp³-hybridized carbons (Fsp3) is 0.353. The smallest absolute Gasteiger partial charge is 0.167 e. The molecule has 0 radical (unpaired) electrons. The van der Waals surface area contributed by atoms with Crippen molar-refractivity contribution in [3.8, 4) is 11.5 Å². The summed E-state index contributed by atoms with van der Waals surface area (Å²) < 4.78 is 16.4. The van der Waals surface area contributed by atoms with Crippen molar-refractivity contribution in [2.45, 2.75) is 24.1 Å². The molecule has 1 aliphatic carbocycles. The van der Waals surface area contributed by atoms with E-state index in [4.69, 9.17) is 13.9 Å². The van der Waals surface area contributed by atoms with Gasteiger partial charge in [-0.25, -0.2) is 0 Å². The molecule has 2 aromatic rings. The maximum atomic E-state index is 12.4. The first-order valence-electron chi connectivity index (χ1n) is 7.08. The van der Waals surface area contributed by atoms with Crippen molar-refractivity contribution >= 4 is 21.7 Å². The topological polar surface area (TPSA) is 48.7 Å². The normalized spacial score (nSPS) is 17.2. The Kier molecular flexibility index (Phi) is 4.25. The predicted molar refractivity (Wildman–Crippen MR) is 86.3 cm³/mol. The highest BCUT2D eigenvalue weighted by Gasteiger charge is 2.30. The number of Topliss-reactive ketones (excluding diaryl/α,β-unsaturated/α-hetero) is 1. The third kappa shape index (κ3) is 2.77. The van der Waals surface area contributed by atoms with Gasteiger partial charge >= 0.3 is 0 Å². The first kappa shape index (κ1) is 15.2. The molecule has 1 aromatic heterocycles. The van der Waals surface area contributed by atoms with Gasteiger partial charge in [0, 0.05) is 18.9 Å². The zero-order valence-corrected chi connectivity index (χ0v) is 14.1. The van der Waals surface area contributed by atoms with E-state index in [9.17, 15) is 4.79 Å². The molecule has 116 valence electrons. The largest absolute Gasteiger partial charge is 0.497 e. The lowest BCUT2D eigenvalue weighted by Gasteiger charge is -2.21. The number of halogens is 1. The summed E-state index contributed by atoms with van der Waals surface area (Å²) in [5.74, 6) is 3.24. The van der Waals surface area contributed by atoms with Crippen LogP contribution in [0.15, 0.2) is 28.7 Å². The van der Waals surface area contributed by atoms with Crippen molar-refractivity contribution < 1.29 is 18.7 Å². The number of carbonyl (C=O) groups excluding carboxylic acids is 1. The van der Waals surface area contributed by atoms with Crippen LogP contribution in [0.3, 0.4) is 0 Å². The lowest BCUT2D eigenvalue weighted by atomic mass is 9.82. The van der Waals surface area contributed by atoms with E-state index >= 15 is 0 Å². The summed E-state index contributed by atoms with van der Waals surface area (Å²) in [6, 6.07) is 7.59. The number of hydrogen-bond acceptors (Lipinski definition) is 4. The van der Waals surface area contributed by atoms with Gasteiger partial charge in [0.05, 0.1) is 25.1 Å². The van der Waals surface area contributed by atoms with Crippen molar-refractivity contribution in [1.29, 1.82) is 0 Å². The summed E-state index contributed by atoms with van der Waals surface area (Å²) in [6.07, 6.45) is 1.19. The van der Waals surface area contributed by atoms with Gasteiger partial charge in [0.2, 0.25) is 0 Å². The maximum absolute atomic E-state index is 12.4. The Hall–Kier alpha value is -1.75. The van der Waals surface area contributed by atoms with Crippen LogP contribution in [0.4, 0.5) is 0 Å². The van der Waals surface area contributed by atoms with Gasteiger partial charge in [0.1, 0.15) is 23.0 Å². The third-order valence-corrected chi connectivity index (χ3v) is 4.55. The third-order valence-electron chi connectivity index (χ3n) is 4.00. The number of rotatable bonds is 4. The summed E-state index contributed by atoms with van der Waals surface area (Å²) in [4.78, 5) is 12.4. The molecule has 4 nitrogen and oxygen atoms in total. The number of furan rings is 1. The zero-order chi connectivity index (χ0) is 15.7. The van der Waals surface area contributed by atoms with E-state index < -0.39 is 0 Å². The SMILES string of the molecule is COc1cc(OC)cc(C2CC(=O)c3cc(CBr)oc3C2)c1. The summed E-state index contributed by atoms with van der Waals surface area (Å²) in [5.41, 5.74) is 1.76. The molecule has 1 atom stereocenters. The Labute approximate surface area is 137 Å². The van der Waals surface area contributed by atoms with Gasteiger partial charge in [-0.05, 0) is 29.7 Å². The minimum absolute atomic E-state index is 0.0818. The van der Waals surface area contributed by atoms with Crippen molar-refractivity contribution in [3.05, 3.63) is 46.9 Å². The number of alkyl halides is 1. The number of benzene rings is 1. The Balaban J connectivity index is 1.95. The fourth-order valence-corrected chi connectivity index (χ4v) is 3.14. The molecule has 0 N–H and O–H groups in total. The van der Waals surface area contributed by atoms with Gasteiger partial charge in [0.15, 0.2) is 5.78 Å². The van der Waals surface area contributed by atoms with Crippen LogP contribution in [-0.2, 0) is 11.8 Å². The van der Waals surface area contributed by atoms with Crippen LogP contribution in [-0.4, -0.2) is 20.0 Å². The van der Waals surface area contributed by atoms with E-state index in [0.29, 0.717) is 18.2 Å². The molecule has 0 saturated carbocycles. The number of ketones is 1. The van der Waals surface area contributed by atoms with Crippen molar-refractivity contribution in [1.82, 2.24) is 0 Å². The first-order valence-corrected chi connectivity index (χ1v) is 8.20. The minimum Gasteiger partial charge on any atom is -0.497 e. The number of methoxy groups -OCH3 is 2. The average Bonchev–Trinajstić information content (AvgIpc) is 2.98. The summed E-state index contributed by atoms with van der Waals surface area (Å²) in [6.45, 7) is 0. The highest BCUT2D eigenvalue weighted by atomic mass is 79.9. The minimum atomic E-state index is 0.0818. The molecule has 1 unspecified atom stereocenters. The molecule has 0 fully saturated rings. The highest BCUT2D eigenvalue weighted by Crippen LogP contribution is 2.37. The van der Waals surface area contributed by atoms with Gasteiger partial charge < -0.3 is 13.9 Å². The van der Waals surface area contributed by atoms with Crippen molar-refractivity contribution in [2.24, 2.45) is 0 Å². The molecule has 5 heteroatoms. The maximum Gasteiger partial charge on any atom is 0.167 e. The molecule has 0 saturated heterocycles. The van der Waals surface area contributed by atoms with Crippen LogP contribution in [0.25, 0.3) is 0 Å². The van der Waals surface area contributed by atoms with E-state index in [2.05, 4.69) is 15.9 Å². The lowest BCUT2D eigenvalue weighted by Crippen LogP contribution is -2.17. The summed E-state index contributed by atoms with van der Waals surface area (Å²) in [7, 11) is 3.25. The standard InChI is InChI=1S/C17H17BrO4/c1-20-12-3-10(4-13(7-12)21-2)11-5-16(19)15-8-14(9-18)22-17(15)6-11/h3-4,7-8,11H,5-6,9H2,1-2H3. The van der Waals surface area contributed by atoms with E-state index in [0.717, 1.165) is 34.1 Å². The second-order valence-corrected chi connectivity index (χ2v) is 5.92. The van der Waals surface area contributed by atoms with Gasteiger partial charge in [-0.1, -0.05) is 15.9 Å². The number of ether oxygens (including phenoxy) is 2. The molecular weight excluding hydrogens is 348 g/mol. The second-order valence-electron chi connectivity index (χ2n) is 5.36. The van der Waals surface area contributed by atoms with Crippen molar-refractivity contribution in [3.63, 3.8) is 0 Å².